The molecule has 2 saturated heterocycles. The van der Waals surface area contributed by atoms with Crippen LogP contribution in [-0.2, 0) is 30.8 Å². The average Bonchev–Trinajstić information content (AvgIpc) is 3.23. The molecule has 2 aromatic carbocycles. The molecule has 0 spiro atoms. The fourth-order valence-corrected chi connectivity index (χ4v) is 8.82. The molecule has 19 nitrogen and oxygen atoms in total. The quantitative estimate of drug-likeness (QED) is 0.117. The summed E-state index contributed by atoms with van der Waals surface area (Å²) in [5, 5.41) is 3.30. The molecular weight excluding hydrogens is 873 g/mol. The number of nitrogens with two attached hydrogens (primary N) is 3. The fraction of sp³-hybridized carbons (Fsp3) is 0.463. The number of ketones is 2. The van der Waals surface area contributed by atoms with E-state index in [1.54, 1.807) is 31.2 Å². The van der Waals surface area contributed by atoms with Crippen molar-refractivity contribution in [2.75, 3.05) is 75.4 Å². The highest BCUT2D eigenvalue weighted by atomic mass is 32.2. The molecule has 2 aliphatic heterocycles. The van der Waals surface area contributed by atoms with E-state index >= 15 is 0 Å². The van der Waals surface area contributed by atoms with Crippen molar-refractivity contribution in [3.05, 3.63) is 82.2 Å². The Balaban J connectivity index is 0.000000274. The van der Waals surface area contributed by atoms with Crippen LogP contribution in [0.3, 0.4) is 0 Å². The lowest BCUT2D eigenvalue weighted by atomic mass is 10.0. The van der Waals surface area contributed by atoms with Crippen LogP contribution in [0.1, 0.15) is 83.0 Å². The number of sulfonamides is 2. The summed E-state index contributed by atoms with van der Waals surface area (Å²) in [6, 6.07) is 10.8. The zero-order valence-corrected chi connectivity index (χ0v) is 38.4. The SMILES string of the molecule is C.CCS(=O)c1ncc(C(=O)c2cc(C)ccc2OC)c(N)n1.COc1ccc(C)cc1C(=O)c1cnc(NC2CCN(S(C)(=O)=O)CC2)nc1N.CS(=O)(=O)N1CCC(N)CC1. The standard InChI is InChI=1S/C19H25N5O4S.C15H17N3O3S.C6H14N2O2S.CH4/c1-12-4-5-16(28-2)14(10-12)17(25)15-11-21-19(23-18(15)20)22-13-6-8-24(9-7-13)29(3,26)27;1-4-22(20)15-17-8-11(14(16)18-15)13(19)10-7-9(2)5-6-12(10)21-3;1-11(9,10)8-4-2-6(7)3-5-8;/h4-5,10-11,13H,6-9H2,1-3H3,(H3,20,21,22,23);5-8H,4H2,1-3H3,(H2,16,17,18);6H,2-5,7H2,1H3;1H4. The number of nitrogens with zero attached hydrogens (tertiary/aromatic N) is 6. The van der Waals surface area contributed by atoms with E-state index in [9.17, 15) is 30.6 Å². The molecule has 346 valence electrons. The number of hydrogen-bond acceptors (Lipinski definition) is 17. The molecule has 0 radical (unpaired) electrons. The molecule has 63 heavy (non-hydrogen) atoms. The maximum atomic E-state index is 12.9. The predicted octanol–water partition coefficient (Wildman–Crippen LogP) is 3.18. The third kappa shape index (κ3) is 14.4. The van der Waals surface area contributed by atoms with E-state index in [4.69, 9.17) is 26.7 Å². The van der Waals surface area contributed by atoms with Crippen LogP contribution in [0.25, 0.3) is 0 Å². The van der Waals surface area contributed by atoms with Crippen LogP contribution >= 0.6 is 0 Å². The zero-order chi connectivity index (χ0) is 45.9. The van der Waals surface area contributed by atoms with Gasteiger partial charge in [-0.1, -0.05) is 37.6 Å². The molecule has 4 heterocycles. The number of methoxy groups -OCH3 is 2. The van der Waals surface area contributed by atoms with Crippen LogP contribution in [0.5, 0.6) is 11.5 Å². The Morgan fingerprint density at radius 1 is 0.746 bits per heavy atom. The van der Waals surface area contributed by atoms with E-state index in [0.717, 1.165) is 24.0 Å². The molecular formula is C41H60N10O9S3. The summed E-state index contributed by atoms with van der Waals surface area (Å²) in [6.45, 7) is 7.57. The molecule has 2 aliphatic rings. The Hall–Kier alpha value is -5.13. The molecule has 4 aromatic rings. The molecule has 1 unspecified atom stereocenters. The lowest BCUT2D eigenvalue weighted by Crippen LogP contribution is -2.42. The monoisotopic (exact) mass is 932 g/mol. The van der Waals surface area contributed by atoms with Gasteiger partial charge in [0.15, 0.2) is 0 Å². The van der Waals surface area contributed by atoms with Gasteiger partial charge in [0, 0.05) is 56.4 Å². The van der Waals surface area contributed by atoms with Gasteiger partial charge in [-0.3, -0.25) is 13.8 Å². The van der Waals surface area contributed by atoms with Gasteiger partial charge < -0.3 is 32.0 Å². The largest absolute Gasteiger partial charge is 0.496 e. The van der Waals surface area contributed by atoms with Gasteiger partial charge in [0.2, 0.25) is 42.7 Å². The van der Waals surface area contributed by atoms with Gasteiger partial charge in [-0.2, -0.15) is 4.98 Å². The van der Waals surface area contributed by atoms with Gasteiger partial charge >= 0.3 is 0 Å². The highest BCUT2D eigenvalue weighted by molar-refractivity contribution is 7.88. The summed E-state index contributed by atoms with van der Waals surface area (Å²) in [6.07, 6.45) is 8.01. The van der Waals surface area contributed by atoms with E-state index in [1.807, 2.05) is 26.0 Å². The molecule has 7 N–H and O–H groups in total. The summed E-state index contributed by atoms with van der Waals surface area (Å²) in [7, 11) is -4.46. The Morgan fingerprint density at radius 2 is 1.17 bits per heavy atom. The minimum atomic E-state index is -3.17. The highest BCUT2D eigenvalue weighted by Crippen LogP contribution is 2.27. The normalized spacial score (nSPS) is 15.6. The van der Waals surface area contributed by atoms with Crippen molar-refractivity contribution >= 4 is 60.0 Å². The third-order valence-electron chi connectivity index (χ3n) is 9.99. The first-order chi connectivity index (χ1) is 29.2. The second-order valence-corrected chi connectivity index (χ2v) is 20.3. The van der Waals surface area contributed by atoms with Crippen LogP contribution < -0.4 is 32.0 Å². The smallest absolute Gasteiger partial charge is 0.224 e. The van der Waals surface area contributed by atoms with Crippen molar-refractivity contribution < 1.29 is 40.1 Å². The number of nitrogens with one attached hydrogen (secondary N) is 1. The number of ether oxygens (including phenoxy) is 2. The Kier molecular flexibility index (Phi) is 19.1. The minimum Gasteiger partial charge on any atom is -0.496 e. The number of nitrogen functional groups attached to an aromatic ring is 2. The van der Waals surface area contributed by atoms with Gasteiger partial charge in [-0.25, -0.2) is 40.4 Å². The number of aryl methyl sites for hydroxylation is 2. The van der Waals surface area contributed by atoms with Crippen molar-refractivity contribution in [1.29, 1.82) is 0 Å². The minimum absolute atomic E-state index is 0. The van der Waals surface area contributed by atoms with E-state index in [0.29, 0.717) is 73.3 Å². The molecule has 2 aromatic heterocycles. The van der Waals surface area contributed by atoms with Crippen LogP contribution in [0.4, 0.5) is 17.6 Å². The van der Waals surface area contributed by atoms with Crippen LogP contribution in [-0.4, -0.2) is 132 Å². The molecule has 1 atom stereocenters. The van der Waals surface area contributed by atoms with Crippen molar-refractivity contribution in [3.8, 4) is 11.5 Å². The van der Waals surface area contributed by atoms with Gasteiger partial charge in [0.25, 0.3) is 0 Å². The second kappa shape index (κ2) is 23.0. The molecule has 0 saturated carbocycles. The number of anilines is 3. The van der Waals surface area contributed by atoms with E-state index in [1.165, 1.54) is 47.7 Å². The number of carbonyl (C=O) groups is 2. The van der Waals surface area contributed by atoms with Gasteiger partial charge in [-0.15, -0.1) is 0 Å². The highest BCUT2D eigenvalue weighted by Gasteiger charge is 2.27. The van der Waals surface area contributed by atoms with Gasteiger partial charge in [0.1, 0.15) is 23.1 Å². The molecule has 2 fully saturated rings. The van der Waals surface area contributed by atoms with Crippen molar-refractivity contribution in [2.45, 2.75) is 71.1 Å². The lowest BCUT2D eigenvalue weighted by molar-refractivity contribution is 0.102. The first kappa shape index (κ1) is 52.2. The molecule has 22 heteroatoms. The maximum Gasteiger partial charge on any atom is 0.224 e. The van der Waals surface area contributed by atoms with Gasteiger partial charge in [-0.05, 0) is 63.8 Å². The summed E-state index contributed by atoms with van der Waals surface area (Å²) in [5.41, 5.74) is 20.5. The number of carbonyl (C=O) groups excluding carboxylic acids is 2. The molecule has 0 amide bonds. The Morgan fingerprint density at radius 3 is 1.57 bits per heavy atom. The lowest BCUT2D eigenvalue weighted by Gasteiger charge is -2.30. The maximum absolute atomic E-state index is 12.9. The summed E-state index contributed by atoms with van der Waals surface area (Å²) in [5.74, 6) is 1.07. The third-order valence-corrected chi connectivity index (χ3v) is 13.7. The van der Waals surface area contributed by atoms with Crippen LogP contribution in [0.2, 0.25) is 0 Å². The van der Waals surface area contributed by atoms with E-state index < -0.39 is 30.8 Å². The summed E-state index contributed by atoms with van der Waals surface area (Å²) < 4.78 is 70.3. The Bertz CT molecular complexity index is 2480. The fourth-order valence-electron chi connectivity index (χ4n) is 6.44. The number of piperidine rings is 2. The summed E-state index contributed by atoms with van der Waals surface area (Å²) >= 11 is 0. The Labute approximate surface area is 373 Å². The van der Waals surface area contributed by atoms with E-state index in [-0.39, 0.29) is 59.0 Å². The van der Waals surface area contributed by atoms with Crippen LogP contribution in [0, 0.1) is 13.8 Å². The molecule has 0 aliphatic carbocycles. The molecule has 0 bridgehead atoms. The number of aromatic nitrogens is 4. The topological polar surface area (TPSA) is 286 Å². The van der Waals surface area contributed by atoms with Crippen molar-refractivity contribution in [2.24, 2.45) is 5.73 Å². The zero-order valence-electron chi connectivity index (χ0n) is 36.0. The second-order valence-electron chi connectivity index (χ2n) is 14.7. The number of hydrogen-bond donors (Lipinski definition) is 4. The van der Waals surface area contributed by atoms with Crippen molar-refractivity contribution in [3.63, 3.8) is 0 Å². The van der Waals surface area contributed by atoms with Crippen LogP contribution in [0.15, 0.2) is 53.9 Å². The first-order valence-corrected chi connectivity index (χ1v) is 24.6. The summed E-state index contributed by atoms with van der Waals surface area (Å²) in [4.78, 5) is 41.9. The predicted molar refractivity (Wildman–Crippen MR) is 246 cm³/mol. The molecule has 6 rings (SSSR count). The average molecular weight is 933 g/mol. The first-order valence-electron chi connectivity index (χ1n) is 19.6. The number of rotatable bonds is 12. The van der Waals surface area contributed by atoms with Crippen molar-refractivity contribution in [1.82, 2.24) is 28.5 Å². The van der Waals surface area contributed by atoms with E-state index in [2.05, 4.69) is 25.3 Å². The van der Waals surface area contributed by atoms with Gasteiger partial charge in [0.05, 0.1) is 59.8 Å². The number of benzene rings is 2.